The fourth-order valence-electron chi connectivity index (χ4n) is 3.02. The van der Waals surface area contributed by atoms with Gasteiger partial charge in [0.1, 0.15) is 0 Å². The van der Waals surface area contributed by atoms with Crippen molar-refractivity contribution in [1.29, 1.82) is 0 Å². The molecule has 0 unspecified atom stereocenters. The fourth-order valence-corrected chi connectivity index (χ4v) is 4.05. The van der Waals surface area contributed by atoms with E-state index < -0.39 is 0 Å². The maximum Gasteiger partial charge on any atom is 0.0349 e. The number of hydrogen-bond acceptors (Lipinski definition) is 2. The lowest BCUT2D eigenvalue weighted by Crippen LogP contribution is -2.12. The van der Waals surface area contributed by atoms with Crippen LogP contribution in [0.25, 0.3) is 10.4 Å². The molecule has 1 aliphatic rings. The van der Waals surface area contributed by atoms with E-state index in [1.165, 1.54) is 47.4 Å². The Balaban J connectivity index is 1.82. The number of rotatable bonds is 5. The zero-order valence-corrected chi connectivity index (χ0v) is 13.1. The molecule has 0 radical (unpaired) electrons. The SMILES string of the molecule is CCCNCc1ccc(-c2cccc3c2CCCC3)s1. The van der Waals surface area contributed by atoms with Crippen LogP contribution in [0.2, 0.25) is 0 Å². The van der Waals surface area contributed by atoms with Crippen molar-refractivity contribution in [2.45, 2.75) is 45.6 Å². The number of thiophene rings is 1. The molecule has 2 heteroatoms. The molecule has 1 aromatic carbocycles. The van der Waals surface area contributed by atoms with Crippen LogP contribution in [-0.2, 0) is 19.4 Å². The summed E-state index contributed by atoms with van der Waals surface area (Å²) in [5.41, 5.74) is 4.66. The highest BCUT2D eigenvalue weighted by Gasteiger charge is 2.14. The van der Waals surface area contributed by atoms with Crippen molar-refractivity contribution >= 4 is 11.3 Å². The van der Waals surface area contributed by atoms with Crippen LogP contribution in [0.15, 0.2) is 30.3 Å². The van der Waals surface area contributed by atoms with E-state index in [4.69, 9.17) is 0 Å². The smallest absolute Gasteiger partial charge is 0.0349 e. The van der Waals surface area contributed by atoms with Gasteiger partial charge in [-0.15, -0.1) is 11.3 Å². The van der Waals surface area contributed by atoms with E-state index in [0.29, 0.717) is 0 Å². The quantitative estimate of drug-likeness (QED) is 0.779. The molecule has 3 rings (SSSR count). The molecule has 1 nitrogen and oxygen atoms in total. The molecule has 1 aliphatic carbocycles. The number of aryl methyl sites for hydroxylation is 1. The average Bonchev–Trinajstić information content (AvgIpc) is 2.96. The maximum atomic E-state index is 3.49. The van der Waals surface area contributed by atoms with Gasteiger partial charge >= 0.3 is 0 Å². The number of benzene rings is 1. The molecule has 0 fully saturated rings. The first-order chi connectivity index (χ1) is 9.88. The van der Waals surface area contributed by atoms with Gasteiger partial charge in [-0.3, -0.25) is 0 Å². The second-order valence-electron chi connectivity index (χ2n) is 5.59. The summed E-state index contributed by atoms with van der Waals surface area (Å²) >= 11 is 1.95. The fraction of sp³-hybridized carbons (Fsp3) is 0.444. The van der Waals surface area contributed by atoms with Crippen LogP contribution in [0.3, 0.4) is 0 Å². The van der Waals surface area contributed by atoms with E-state index in [1.807, 2.05) is 11.3 Å². The van der Waals surface area contributed by atoms with Gasteiger partial charge in [0.05, 0.1) is 0 Å². The van der Waals surface area contributed by atoms with Crippen LogP contribution in [0.1, 0.15) is 42.2 Å². The molecule has 1 N–H and O–H groups in total. The number of fused-ring (bicyclic) bond motifs is 1. The van der Waals surface area contributed by atoms with Crippen molar-refractivity contribution < 1.29 is 0 Å². The molecule has 0 atom stereocenters. The number of nitrogens with one attached hydrogen (secondary N) is 1. The lowest BCUT2D eigenvalue weighted by Gasteiger charge is -2.18. The van der Waals surface area contributed by atoms with Crippen molar-refractivity contribution in [2.24, 2.45) is 0 Å². The van der Waals surface area contributed by atoms with Gasteiger partial charge < -0.3 is 5.32 Å². The van der Waals surface area contributed by atoms with Crippen LogP contribution in [0, 0.1) is 0 Å². The zero-order chi connectivity index (χ0) is 13.8. The summed E-state index contributed by atoms with van der Waals surface area (Å²) in [5.74, 6) is 0. The Hall–Kier alpha value is -1.12. The lowest BCUT2D eigenvalue weighted by molar-refractivity contribution is 0.681. The van der Waals surface area contributed by atoms with Gasteiger partial charge in [0, 0.05) is 16.3 Å². The Kier molecular flexibility index (Phi) is 4.54. The Morgan fingerprint density at radius 1 is 1.10 bits per heavy atom. The first kappa shape index (κ1) is 13.8. The normalized spacial score (nSPS) is 14.2. The Bertz CT molecular complexity index is 571. The molecule has 1 aromatic heterocycles. The molecule has 2 aromatic rings. The standard InChI is InChI=1S/C18H23NS/c1-2-12-19-13-15-10-11-18(20-15)17-9-5-7-14-6-3-4-8-16(14)17/h5,7,9-11,19H,2-4,6,8,12-13H2,1H3. The highest BCUT2D eigenvalue weighted by molar-refractivity contribution is 7.15. The van der Waals surface area contributed by atoms with Crippen LogP contribution in [0.4, 0.5) is 0 Å². The number of hydrogen-bond donors (Lipinski definition) is 1. The molecule has 106 valence electrons. The first-order valence-electron chi connectivity index (χ1n) is 7.79. The van der Waals surface area contributed by atoms with Crippen molar-refractivity contribution in [1.82, 2.24) is 5.32 Å². The van der Waals surface area contributed by atoms with Crippen LogP contribution < -0.4 is 5.32 Å². The van der Waals surface area contributed by atoms with Crippen molar-refractivity contribution in [3.8, 4) is 10.4 Å². The van der Waals surface area contributed by atoms with E-state index in [0.717, 1.165) is 13.1 Å². The Morgan fingerprint density at radius 2 is 2.00 bits per heavy atom. The third kappa shape index (κ3) is 2.97. The minimum atomic E-state index is 1.01. The molecule has 0 saturated carbocycles. The van der Waals surface area contributed by atoms with Crippen LogP contribution >= 0.6 is 11.3 Å². The molecule has 20 heavy (non-hydrogen) atoms. The van der Waals surface area contributed by atoms with Crippen molar-refractivity contribution in [2.75, 3.05) is 6.54 Å². The molecule has 0 aliphatic heterocycles. The van der Waals surface area contributed by atoms with Gasteiger partial charge in [-0.2, -0.15) is 0 Å². The molecule has 0 amide bonds. The summed E-state index contributed by atoms with van der Waals surface area (Å²) in [6.45, 7) is 4.32. The highest BCUT2D eigenvalue weighted by Crippen LogP contribution is 2.35. The second-order valence-corrected chi connectivity index (χ2v) is 6.76. The predicted molar refractivity (Wildman–Crippen MR) is 88.4 cm³/mol. The van der Waals surface area contributed by atoms with Gasteiger partial charge in [-0.25, -0.2) is 0 Å². The Labute approximate surface area is 126 Å². The topological polar surface area (TPSA) is 12.0 Å². The minimum absolute atomic E-state index is 1.01. The van der Waals surface area contributed by atoms with Gasteiger partial charge in [0.15, 0.2) is 0 Å². The van der Waals surface area contributed by atoms with E-state index in [1.54, 1.807) is 11.1 Å². The first-order valence-corrected chi connectivity index (χ1v) is 8.60. The van der Waals surface area contributed by atoms with Crippen LogP contribution in [-0.4, -0.2) is 6.54 Å². The zero-order valence-electron chi connectivity index (χ0n) is 12.2. The minimum Gasteiger partial charge on any atom is -0.312 e. The average molecular weight is 285 g/mol. The summed E-state index contributed by atoms with van der Waals surface area (Å²) in [6.07, 6.45) is 6.42. The molecular weight excluding hydrogens is 262 g/mol. The Morgan fingerprint density at radius 3 is 2.90 bits per heavy atom. The third-order valence-electron chi connectivity index (χ3n) is 4.05. The predicted octanol–water partition coefficient (Wildman–Crippen LogP) is 4.79. The molecule has 0 bridgehead atoms. The van der Waals surface area contributed by atoms with E-state index in [-0.39, 0.29) is 0 Å². The molecule has 0 spiro atoms. The van der Waals surface area contributed by atoms with E-state index >= 15 is 0 Å². The lowest BCUT2D eigenvalue weighted by atomic mass is 9.88. The van der Waals surface area contributed by atoms with Gasteiger partial charge in [0.2, 0.25) is 0 Å². The van der Waals surface area contributed by atoms with Crippen LogP contribution in [0.5, 0.6) is 0 Å². The summed E-state index contributed by atoms with van der Waals surface area (Å²) < 4.78 is 0. The van der Waals surface area contributed by atoms with E-state index in [9.17, 15) is 0 Å². The van der Waals surface area contributed by atoms with E-state index in [2.05, 4.69) is 42.6 Å². The highest BCUT2D eigenvalue weighted by atomic mass is 32.1. The van der Waals surface area contributed by atoms with Crippen molar-refractivity contribution in [3.63, 3.8) is 0 Å². The summed E-state index contributed by atoms with van der Waals surface area (Å²) in [6, 6.07) is 11.4. The summed E-state index contributed by atoms with van der Waals surface area (Å²) in [5, 5.41) is 3.49. The molecular formula is C18H23NS. The third-order valence-corrected chi connectivity index (χ3v) is 5.17. The van der Waals surface area contributed by atoms with Crippen molar-refractivity contribution in [3.05, 3.63) is 46.3 Å². The van der Waals surface area contributed by atoms with Gasteiger partial charge in [0.25, 0.3) is 0 Å². The summed E-state index contributed by atoms with van der Waals surface area (Å²) in [4.78, 5) is 2.89. The largest absolute Gasteiger partial charge is 0.312 e. The van der Waals surface area contributed by atoms with Gasteiger partial charge in [-0.05, 0) is 67.5 Å². The monoisotopic (exact) mass is 285 g/mol. The van der Waals surface area contributed by atoms with Gasteiger partial charge in [-0.1, -0.05) is 25.1 Å². The molecule has 1 heterocycles. The molecule has 0 saturated heterocycles. The maximum absolute atomic E-state index is 3.49. The second kappa shape index (κ2) is 6.55. The summed E-state index contributed by atoms with van der Waals surface area (Å²) in [7, 11) is 0.